The van der Waals surface area contributed by atoms with Crippen LogP contribution in [0, 0.1) is 11.3 Å². The maximum absolute atomic E-state index is 8.27. The number of hydrogen-bond acceptors (Lipinski definition) is 2. The van der Waals surface area contributed by atoms with Crippen molar-refractivity contribution >= 4 is 0 Å². The fraction of sp³-hybridized carbons (Fsp3) is 0.800. The third-order valence-electron chi connectivity index (χ3n) is 0.902. The molecule has 0 aliphatic carbocycles. The number of rotatable bonds is 3. The molecule has 0 rings (SSSR count). The van der Waals surface area contributed by atoms with Gasteiger partial charge in [0.05, 0.1) is 6.07 Å². The Morgan fingerprint density at radius 1 is 1.89 bits per heavy atom. The van der Waals surface area contributed by atoms with Crippen molar-refractivity contribution in [2.45, 2.75) is 25.8 Å². The van der Waals surface area contributed by atoms with E-state index in [4.69, 9.17) is 10.8 Å². The molecule has 0 bridgehead atoms. The van der Waals surface area contributed by atoms with Gasteiger partial charge in [0.2, 0.25) is 0 Å². The van der Waals surface area contributed by atoms with E-state index in [2.05, 4.69) is 10.0 Å². The minimum absolute atomic E-state index is 0.472. The molecule has 0 radical (unpaired) electrons. The molecule has 0 heterocycles. The van der Waals surface area contributed by atoms with Gasteiger partial charge in [0, 0.05) is 4.91 Å². The Kier molecular flexibility index (Phi) is 4.29. The van der Waals surface area contributed by atoms with Gasteiger partial charge in [-0.15, -0.1) is 0 Å². The Hall–Kier alpha value is -1.20. The van der Waals surface area contributed by atoms with Crippen LogP contribution in [-0.2, 0) is 0 Å². The van der Waals surface area contributed by atoms with Crippen LogP contribution in [0.5, 0.6) is 0 Å². The van der Waals surface area contributed by atoms with E-state index in [1.165, 1.54) is 0 Å². The molecule has 4 nitrogen and oxygen atoms in total. The highest BCUT2D eigenvalue weighted by Gasteiger charge is 1.99. The zero-order chi connectivity index (χ0) is 7.11. The average molecular weight is 124 g/mol. The standard InChI is InChI=1S/C5H8N4/c1-2-3-5(4-6)8-9-7/h5H,2-3H2,1H3. The van der Waals surface area contributed by atoms with E-state index >= 15 is 0 Å². The molecule has 0 N–H and O–H groups in total. The van der Waals surface area contributed by atoms with Gasteiger partial charge in [-0.1, -0.05) is 18.5 Å². The van der Waals surface area contributed by atoms with Crippen molar-refractivity contribution in [1.82, 2.24) is 0 Å². The van der Waals surface area contributed by atoms with Crippen LogP contribution in [0.1, 0.15) is 19.8 Å². The molecule has 0 aliphatic rings. The van der Waals surface area contributed by atoms with Gasteiger partial charge in [-0.25, -0.2) is 0 Å². The van der Waals surface area contributed by atoms with Gasteiger partial charge in [-0.3, -0.25) is 0 Å². The minimum Gasteiger partial charge on any atom is -0.198 e. The summed E-state index contributed by atoms with van der Waals surface area (Å²) in [6, 6.07) is 1.41. The van der Waals surface area contributed by atoms with Crippen molar-refractivity contribution in [3.63, 3.8) is 0 Å². The molecule has 0 aromatic heterocycles. The fourth-order valence-corrected chi connectivity index (χ4v) is 0.484. The maximum atomic E-state index is 8.27. The van der Waals surface area contributed by atoms with Crippen molar-refractivity contribution < 1.29 is 0 Å². The van der Waals surface area contributed by atoms with Crippen molar-refractivity contribution in [2.24, 2.45) is 5.11 Å². The van der Waals surface area contributed by atoms with Crippen LogP contribution in [0.2, 0.25) is 0 Å². The second-order valence-corrected chi connectivity index (χ2v) is 1.64. The summed E-state index contributed by atoms with van der Waals surface area (Å²) in [5, 5.41) is 11.5. The lowest BCUT2D eigenvalue weighted by atomic mass is 10.2. The summed E-state index contributed by atoms with van der Waals surface area (Å²) in [7, 11) is 0. The summed E-state index contributed by atoms with van der Waals surface area (Å²) in [6.07, 6.45) is 1.53. The lowest BCUT2D eigenvalue weighted by Crippen LogP contribution is -1.96. The SMILES string of the molecule is CCCC(C#N)N=[N+]=[N-]. The highest BCUT2D eigenvalue weighted by Crippen LogP contribution is 1.99. The molecule has 48 valence electrons. The highest BCUT2D eigenvalue weighted by atomic mass is 15.1. The Labute approximate surface area is 53.7 Å². The third-order valence-corrected chi connectivity index (χ3v) is 0.902. The second-order valence-electron chi connectivity index (χ2n) is 1.64. The van der Waals surface area contributed by atoms with Gasteiger partial charge in [0.1, 0.15) is 6.04 Å². The first-order valence-corrected chi connectivity index (χ1v) is 2.79. The van der Waals surface area contributed by atoms with E-state index in [0.717, 1.165) is 6.42 Å². The first-order valence-electron chi connectivity index (χ1n) is 2.79. The quantitative estimate of drug-likeness (QED) is 0.322. The first-order chi connectivity index (χ1) is 4.35. The molecule has 0 aliphatic heterocycles. The van der Waals surface area contributed by atoms with Crippen LogP contribution in [0.25, 0.3) is 10.4 Å². The molecular weight excluding hydrogens is 116 g/mol. The van der Waals surface area contributed by atoms with Gasteiger partial charge in [-0.2, -0.15) is 5.26 Å². The maximum Gasteiger partial charge on any atom is 0.125 e. The monoisotopic (exact) mass is 124 g/mol. The van der Waals surface area contributed by atoms with Crippen LogP contribution < -0.4 is 0 Å². The Bertz CT molecular complexity index is 151. The molecule has 1 atom stereocenters. The second kappa shape index (κ2) is 4.95. The van der Waals surface area contributed by atoms with Crippen LogP contribution in [0.4, 0.5) is 0 Å². The van der Waals surface area contributed by atoms with E-state index in [1.54, 1.807) is 0 Å². The van der Waals surface area contributed by atoms with Crippen LogP contribution >= 0.6 is 0 Å². The van der Waals surface area contributed by atoms with Crippen LogP contribution in [0.3, 0.4) is 0 Å². The lowest BCUT2D eigenvalue weighted by Gasteiger charge is -1.93. The molecule has 4 heteroatoms. The van der Waals surface area contributed by atoms with Crippen molar-refractivity contribution in [2.75, 3.05) is 0 Å². The number of nitriles is 1. The molecule has 1 unspecified atom stereocenters. The summed E-state index contributed by atoms with van der Waals surface area (Å²) < 4.78 is 0. The summed E-state index contributed by atoms with van der Waals surface area (Å²) >= 11 is 0. The molecule has 0 aromatic carbocycles. The van der Waals surface area contributed by atoms with Crippen molar-refractivity contribution in [3.05, 3.63) is 10.4 Å². The number of nitrogens with zero attached hydrogens (tertiary/aromatic N) is 4. The van der Waals surface area contributed by atoms with Gasteiger partial charge in [0.15, 0.2) is 0 Å². The van der Waals surface area contributed by atoms with Gasteiger partial charge < -0.3 is 0 Å². The smallest absolute Gasteiger partial charge is 0.125 e. The van der Waals surface area contributed by atoms with Crippen molar-refractivity contribution in [3.8, 4) is 6.07 Å². The molecule has 0 saturated heterocycles. The Balaban J connectivity index is 3.72. The van der Waals surface area contributed by atoms with E-state index in [9.17, 15) is 0 Å². The molecule has 0 saturated carbocycles. The molecule has 0 aromatic rings. The molecular formula is C5H8N4. The first kappa shape index (κ1) is 7.80. The average Bonchev–Trinajstić information content (AvgIpc) is 1.88. The van der Waals surface area contributed by atoms with E-state index < -0.39 is 6.04 Å². The number of hydrogen-bond donors (Lipinski definition) is 0. The van der Waals surface area contributed by atoms with Crippen LogP contribution in [-0.4, -0.2) is 6.04 Å². The van der Waals surface area contributed by atoms with Gasteiger partial charge in [0.25, 0.3) is 0 Å². The van der Waals surface area contributed by atoms with Crippen LogP contribution in [0.15, 0.2) is 5.11 Å². The third kappa shape index (κ3) is 3.39. The number of azide groups is 1. The predicted molar refractivity (Wildman–Crippen MR) is 33.5 cm³/mol. The zero-order valence-electron chi connectivity index (χ0n) is 5.28. The Morgan fingerprint density at radius 2 is 2.56 bits per heavy atom. The largest absolute Gasteiger partial charge is 0.198 e. The van der Waals surface area contributed by atoms with Gasteiger partial charge in [-0.05, 0) is 12.0 Å². The highest BCUT2D eigenvalue weighted by molar-refractivity contribution is 4.89. The van der Waals surface area contributed by atoms with E-state index in [0.29, 0.717) is 6.42 Å². The van der Waals surface area contributed by atoms with E-state index in [1.807, 2.05) is 13.0 Å². The normalized spacial score (nSPS) is 11.1. The molecule has 0 amide bonds. The summed E-state index contributed by atoms with van der Waals surface area (Å²) in [5.41, 5.74) is 7.90. The summed E-state index contributed by atoms with van der Waals surface area (Å²) in [6.45, 7) is 1.94. The minimum atomic E-state index is -0.472. The molecule has 0 fully saturated rings. The predicted octanol–water partition coefficient (Wildman–Crippen LogP) is 1.99. The Morgan fingerprint density at radius 3 is 2.89 bits per heavy atom. The topological polar surface area (TPSA) is 72.5 Å². The molecule has 0 spiro atoms. The summed E-state index contributed by atoms with van der Waals surface area (Å²) in [4.78, 5) is 2.53. The molecule has 9 heavy (non-hydrogen) atoms. The zero-order valence-corrected chi connectivity index (χ0v) is 5.28. The fourth-order valence-electron chi connectivity index (χ4n) is 0.484. The lowest BCUT2D eigenvalue weighted by molar-refractivity contribution is 0.709. The van der Waals surface area contributed by atoms with Gasteiger partial charge >= 0.3 is 0 Å². The summed E-state index contributed by atoms with van der Waals surface area (Å²) in [5.74, 6) is 0. The van der Waals surface area contributed by atoms with E-state index in [-0.39, 0.29) is 0 Å². The van der Waals surface area contributed by atoms with Crippen molar-refractivity contribution in [1.29, 1.82) is 5.26 Å².